The van der Waals surface area contributed by atoms with E-state index in [0.29, 0.717) is 37.8 Å². The number of rotatable bonds is 15. The summed E-state index contributed by atoms with van der Waals surface area (Å²) in [4.78, 5) is 74.5. The monoisotopic (exact) mass is 902 g/mol. The Morgan fingerprint density at radius 1 is 0.836 bits per heavy atom. The van der Waals surface area contributed by atoms with E-state index in [4.69, 9.17) is 19.4 Å². The number of hydrogen-bond donors (Lipinski definition) is 4. The van der Waals surface area contributed by atoms with Crippen molar-refractivity contribution in [2.24, 2.45) is 17.8 Å². The summed E-state index contributed by atoms with van der Waals surface area (Å²) in [5.74, 6) is 0.626. The number of hydrogen-bond acceptors (Lipinski definition) is 8. The Morgan fingerprint density at radius 2 is 1.49 bits per heavy atom. The molecule has 5 aromatic carbocycles. The minimum Gasteiger partial charge on any atom is -0.453 e. The van der Waals surface area contributed by atoms with Crippen LogP contribution in [0.5, 0.6) is 0 Å². The van der Waals surface area contributed by atoms with Crippen LogP contribution in [0.1, 0.15) is 75.8 Å². The second kappa shape index (κ2) is 19.0. The zero-order chi connectivity index (χ0) is 46.9. The van der Waals surface area contributed by atoms with Gasteiger partial charge < -0.3 is 39.9 Å². The van der Waals surface area contributed by atoms with Gasteiger partial charge in [0.05, 0.1) is 42.3 Å². The lowest BCUT2D eigenvalue weighted by molar-refractivity contribution is -0.139. The van der Waals surface area contributed by atoms with Crippen molar-refractivity contribution in [2.45, 2.75) is 71.1 Å². The molecule has 4 N–H and O–H groups in total. The maximum atomic E-state index is 14.6. The number of aromatic amines is 2. The van der Waals surface area contributed by atoms with Crippen LogP contribution in [0.2, 0.25) is 0 Å². The maximum Gasteiger partial charge on any atom is 0.407 e. The van der Waals surface area contributed by atoms with Gasteiger partial charge in [-0.25, -0.2) is 14.8 Å². The molecule has 0 bridgehead atoms. The summed E-state index contributed by atoms with van der Waals surface area (Å²) in [6, 6.07) is 28.4. The fraction of sp³-hybridized carbons (Fsp3) is 0.358. The van der Waals surface area contributed by atoms with Crippen LogP contribution in [0.3, 0.4) is 0 Å². The number of benzene rings is 5. The van der Waals surface area contributed by atoms with E-state index < -0.39 is 24.2 Å². The Bertz CT molecular complexity index is 3010. The number of imidazole rings is 2. The summed E-state index contributed by atoms with van der Waals surface area (Å²) >= 11 is 0. The van der Waals surface area contributed by atoms with Gasteiger partial charge in [-0.15, -0.1) is 0 Å². The van der Waals surface area contributed by atoms with Crippen molar-refractivity contribution in [1.29, 1.82) is 0 Å². The van der Waals surface area contributed by atoms with Gasteiger partial charge >= 0.3 is 6.09 Å². The number of carbonyl (C=O) groups is 4. The largest absolute Gasteiger partial charge is 0.453 e. The van der Waals surface area contributed by atoms with E-state index in [0.717, 1.165) is 85.1 Å². The van der Waals surface area contributed by atoms with Gasteiger partial charge in [-0.2, -0.15) is 0 Å². The molecule has 0 radical (unpaired) electrons. The normalized spacial score (nSPS) is 16.7. The molecule has 0 unspecified atom stereocenters. The average Bonchev–Trinajstić information content (AvgIpc) is 4.05. The Hall–Kier alpha value is -7.06. The molecule has 4 amide bonds. The number of H-pyrrole nitrogens is 2. The van der Waals surface area contributed by atoms with Crippen molar-refractivity contribution < 1.29 is 28.7 Å². The molecule has 1 saturated carbocycles. The van der Waals surface area contributed by atoms with Gasteiger partial charge in [0.1, 0.15) is 29.8 Å². The lowest BCUT2D eigenvalue weighted by Crippen LogP contribution is -2.51. The lowest BCUT2D eigenvalue weighted by atomic mass is 9.84. The topological polar surface area (TPSA) is 175 Å². The Balaban J connectivity index is 0.975. The highest BCUT2D eigenvalue weighted by Crippen LogP contribution is 2.38. The first-order valence-electron chi connectivity index (χ1n) is 23.2. The number of alkyl carbamates (subject to hydrolysis) is 1. The number of amides is 4. The van der Waals surface area contributed by atoms with Crippen molar-refractivity contribution in [3.8, 4) is 11.1 Å². The number of carbonyl (C=O) groups excluding carboxylic acids is 4. The second-order valence-electron chi connectivity index (χ2n) is 18.6. The smallest absolute Gasteiger partial charge is 0.407 e. The number of methoxy groups -OCH3 is 2. The molecular formula is C53H58N8O6. The third-order valence-corrected chi connectivity index (χ3v) is 13.4. The quantitative estimate of drug-likeness (QED) is 0.0739. The van der Waals surface area contributed by atoms with Gasteiger partial charge in [-0.1, -0.05) is 101 Å². The molecule has 1 aliphatic carbocycles. The van der Waals surface area contributed by atoms with E-state index >= 15 is 0 Å². The summed E-state index contributed by atoms with van der Waals surface area (Å²) in [5, 5.41) is 9.81. The van der Waals surface area contributed by atoms with Gasteiger partial charge in [0, 0.05) is 36.9 Å². The number of nitrogens with zero attached hydrogens (tertiary/aromatic N) is 4. The number of likely N-dealkylation sites (tertiary alicyclic amines) is 1. The number of nitrogens with one attached hydrogen (secondary N) is 4. The third kappa shape index (κ3) is 9.10. The zero-order valence-electron chi connectivity index (χ0n) is 38.7. The van der Waals surface area contributed by atoms with Gasteiger partial charge in [0.25, 0.3) is 0 Å². The van der Waals surface area contributed by atoms with E-state index in [2.05, 4.69) is 75.7 Å². The van der Waals surface area contributed by atoms with Crippen LogP contribution < -0.4 is 10.6 Å². The van der Waals surface area contributed by atoms with E-state index in [-0.39, 0.29) is 42.0 Å². The second-order valence-corrected chi connectivity index (χ2v) is 18.6. The molecule has 346 valence electrons. The first-order chi connectivity index (χ1) is 32.4. The molecular weight excluding hydrogens is 845 g/mol. The van der Waals surface area contributed by atoms with Crippen molar-refractivity contribution in [3.05, 3.63) is 120 Å². The molecule has 67 heavy (non-hydrogen) atoms. The van der Waals surface area contributed by atoms with Crippen LogP contribution in [-0.4, -0.2) is 93.5 Å². The predicted octanol–water partition coefficient (Wildman–Crippen LogP) is 8.89. The van der Waals surface area contributed by atoms with Crippen molar-refractivity contribution in [1.82, 2.24) is 40.4 Å². The summed E-state index contributed by atoms with van der Waals surface area (Å²) in [6.07, 6.45) is 2.68. The molecule has 2 aromatic heterocycles. The maximum absolute atomic E-state index is 14.6. The summed E-state index contributed by atoms with van der Waals surface area (Å²) in [6.45, 7) is 11.7. The summed E-state index contributed by atoms with van der Waals surface area (Å²) in [5.41, 5.74) is 7.04. The zero-order valence-corrected chi connectivity index (χ0v) is 38.7. The molecule has 1 aliphatic heterocycles. The van der Waals surface area contributed by atoms with Crippen LogP contribution >= 0.6 is 0 Å². The van der Waals surface area contributed by atoms with Crippen molar-refractivity contribution in [3.63, 3.8) is 0 Å². The lowest BCUT2D eigenvalue weighted by Gasteiger charge is -2.32. The number of fused-ring (bicyclic) bond motifs is 6. The minimum absolute atomic E-state index is 0.0386. The first-order valence-corrected chi connectivity index (χ1v) is 23.2. The van der Waals surface area contributed by atoms with E-state index in [1.165, 1.54) is 7.11 Å². The summed E-state index contributed by atoms with van der Waals surface area (Å²) < 4.78 is 10.3. The predicted molar refractivity (Wildman–Crippen MR) is 260 cm³/mol. The molecule has 2 fully saturated rings. The third-order valence-electron chi connectivity index (χ3n) is 13.4. The number of aromatic nitrogens is 4. The van der Waals surface area contributed by atoms with E-state index in [1.54, 1.807) is 16.9 Å². The number of ether oxygens (including phenoxy) is 2. The molecule has 14 nitrogen and oxygen atoms in total. The Morgan fingerprint density at radius 3 is 2.10 bits per heavy atom. The van der Waals surface area contributed by atoms with Crippen LogP contribution in [-0.2, 0) is 30.4 Å². The summed E-state index contributed by atoms with van der Waals surface area (Å²) in [7, 11) is 2.94. The van der Waals surface area contributed by atoms with Crippen LogP contribution in [0, 0.1) is 17.8 Å². The molecule has 4 atom stereocenters. The highest BCUT2D eigenvalue weighted by molar-refractivity contribution is 6.07. The van der Waals surface area contributed by atoms with Crippen LogP contribution in [0.4, 0.5) is 4.79 Å². The fourth-order valence-corrected chi connectivity index (χ4v) is 9.62. The molecule has 9 rings (SSSR count). The van der Waals surface area contributed by atoms with Gasteiger partial charge in [0.2, 0.25) is 17.7 Å². The van der Waals surface area contributed by atoms with Gasteiger partial charge in [-0.3, -0.25) is 14.4 Å². The highest BCUT2D eigenvalue weighted by Gasteiger charge is 2.40. The average molecular weight is 903 g/mol. The van der Waals surface area contributed by atoms with E-state index in [9.17, 15) is 19.2 Å². The SMILES string of the molecule is C=C1CCN(C(=O)[C@@H](NC(=O)OC)C(C)C)[C@@H]1c1nc2c(ccc3cc(-c4ccc5c(ccc6[nH]c(CN(C[C@H](C)COC)C(=O)[C@H](NC(=O)C7CCC7)c7ccccc7)nc65)c4)ccc32)[nH]1. The Labute approximate surface area is 389 Å². The molecule has 3 heterocycles. The highest BCUT2D eigenvalue weighted by atomic mass is 16.5. The molecule has 0 spiro atoms. The van der Waals surface area contributed by atoms with Crippen molar-refractivity contribution in [2.75, 3.05) is 33.9 Å². The van der Waals surface area contributed by atoms with Gasteiger partial charge in [-0.05, 0) is 88.4 Å². The van der Waals surface area contributed by atoms with E-state index in [1.807, 2.05) is 63.2 Å². The van der Waals surface area contributed by atoms with Crippen LogP contribution in [0.15, 0.2) is 103 Å². The first kappa shape index (κ1) is 45.1. The molecule has 7 aromatic rings. The molecule has 1 saturated heterocycles. The van der Waals surface area contributed by atoms with Crippen molar-refractivity contribution >= 4 is 67.4 Å². The molecule has 14 heteroatoms. The van der Waals surface area contributed by atoms with Crippen LogP contribution in [0.25, 0.3) is 54.7 Å². The minimum atomic E-state index is -0.826. The fourth-order valence-electron chi connectivity index (χ4n) is 9.62. The van der Waals surface area contributed by atoms with Gasteiger partial charge in [0.15, 0.2) is 0 Å². The standard InChI is InChI=1S/C53H58N8O6/c1-30(2)44(59-53(65)67-6)52(64)61-24-23-32(4)48(61)49-55-42-22-18-38-26-36(16-20-40(38)47(42)57-49)35-15-19-39-37(25-35)17-21-41-46(39)56-43(54-41)28-60(27-31(3)29-66-5)51(63)45(33-11-8-7-9-12-33)58-50(62)34-13-10-14-34/h7-9,11-12,15-22,25-26,30-31,34,44-45,48H,4,10,13-14,23-24,27-29H2,1-3,5-6H3,(H,54,56)(H,55,57)(H,58,62)(H,59,65)/t31-,44-,45+,48-/m0/s1. The Kier molecular flexibility index (Phi) is 12.8. The molecule has 2 aliphatic rings.